The van der Waals surface area contributed by atoms with Crippen LogP contribution in [0.25, 0.3) is 55.0 Å². The number of hydrogen-bond donors (Lipinski definition) is 3. The Bertz CT molecular complexity index is 1770. The molecule has 1 aromatic carbocycles. The van der Waals surface area contributed by atoms with Gasteiger partial charge < -0.3 is 10.3 Å². The van der Waals surface area contributed by atoms with Crippen LogP contribution in [-0.4, -0.2) is 31.1 Å². The fourth-order valence-electron chi connectivity index (χ4n) is 4.56. The number of H-pyrrole nitrogens is 2. The molecule has 1 aliphatic rings. The molecule has 1 aliphatic carbocycles. The third-order valence-electron chi connectivity index (χ3n) is 6.58. The zero-order valence-electron chi connectivity index (χ0n) is 19.5. The predicted octanol–water partition coefficient (Wildman–Crippen LogP) is 6.55. The normalized spacial score (nSPS) is 13.5. The summed E-state index contributed by atoms with van der Waals surface area (Å²) in [6, 6.07) is 18.6. The molecule has 1 fully saturated rings. The van der Waals surface area contributed by atoms with E-state index in [9.17, 15) is 4.79 Å². The molecule has 0 spiro atoms. The second-order valence-electron chi connectivity index (χ2n) is 9.25. The Balaban J connectivity index is 1.28. The summed E-state index contributed by atoms with van der Waals surface area (Å²) in [6.45, 7) is 2.13. The molecule has 7 rings (SSSR count). The first-order valence-electron chi connectivity index (χ1n) is 11.9. The number of benzene rings is 1. The zero-order valence-corrected chi connectivity index (χ0v) is 20.3. The van der Waals surface area contributed by atoms with Crippen molar-refractivity contribution in [1.29, 1.82) is 0 Å². The third kappa shape index (κ3) is 3.67. The summed E-state index contributed by atoms with van der Waals surface area (Å²) in [6.07, 6.45) is 5.35. The number of amides is 1. The van der Waals surface area contributed by atoms with Gasteiger partial charge >= 0.3 is 0 Å². The number of aromatic nitrogens is 5. The van der Waals surface area contributed by atoms with E-state index in [1.165, 1.54) is 15.3 Å². The van der Waals surface area contributed by atoms with Crippen LogP contribution in [0.3, 0.4) is 0 Å². The van der Waals surface area contributed by atoms with Crippen molar-refractivity contribution >= 4 is 44.9 Å². The highest BCUT2D eigenvalue weighted by atomic mass is 32.1. The van der Waals surface area contributed by atoms with Gasteiger partial charge in [-0.25, -0.2) is 4.98 Å². The quantitative estimate of drug-likeness (QED) is 0.255. The molecule has 6 aromatic rings. The molecule has 5 heterocycles. The molecule has 176 valence electrons. The lowest BCUT2D eigenvalue weighted by atomic mass is 10.1. The maximum absolute atomic E-state index is 12.2. The van der Waals surface area contributed by atoms with Crippen molar-refractivity contribution in [3.8, 4) is 33.1 Å². The van der Waals surface area contributed by atoms with Gasteiger partial charge in [0.25, 0.3) is 0 Å². The fraction of sp³-hybridized carbons (Fsp3) is 0.143. The molecule has 1 amide bonds. The Kier molecular flexibility index (Phi) is 4.75. The Morgan fingerprint density at radius 2 is 1.97 bits per heavy atom. The summed E-state index contributed by atoms with van der Waals surface area (Å²) in [5, 5.41) is 11.8. The average molecular weight is 491 g/mol. The zero-order chi connectivity index (χ0) is 24.2. The molecule has 0 saturated heterocycles. The second kappa shape index (κ2) is 8.13. The number of nitrogens with one attached hydrogen (secondary N) is 3. The number of aryl methyl sites for hydroxylation is 1. The van der Waals surface area contributed by atoms with Gasteiger partial charge in [0.05, 0.1) is 28.8 Å². The van der Waals surface area contributed by atoms with Crippen LogP contribution in [0.4, 0.5) is 5.69 Å². The van der Waals surface area contributed by atoms with Crippen LogP contribution in [0.15, 0.2) is 67.0 Å². The Morgan fingerprint density at radius 1 is 1.06 bits per heavy atom. The van der Waals surface area contributed by atoms with E-state index >= 15 is 0 Å². The van der Waals surface area contributed by atoms with Crippen molar-refractivity contribution in [2.75, 3.05) is 5.32 Å². The van der Waals surface area contributed by atoms with Crippen LogP contribution in [0.1, 0.15) is 17.7 Å². The summed E-state index contributed by atoms with van der Waals surface area (Å²) in [7, 11) is 0. The second-order valence-corrected chi connectivity index (χ2v) is 10.5. The van der Waals surface area contributed by atoms with Gasteiger partial charge in [0, 0.05) is 43.9 Å². The highest BCUT2D eigenvalue weighted by Crippen LogP contribution is 2.37. The molecular weight excluding hydrogens is 468 g/mol. The number of nitrogens with zero attached hydrogens (tertiary/aromatic N) is 3. The monoisotopic (exact) mass is 490 g/mol. The molecule has 8 heteroatoms. The van der Waals surface area contributed by atoms with Crippen molar-refractivity contribution in [3.63, 3.8) is 0 Å². The highest BCUT2D eigenvalue weighted by molar-refractivity contribution is 7.15. The first-order valence-corrected chi connectivity index (χ1v) is 12.7. The molecule has 3 N–H and O–H groups in total. The van der Waals surface area contributed by atoms with Crippen LogP contribution in [0.2, 0.25) is 0 Å². The van der Waals surface area contributed by atoms with E-state index in [2.05, 4.69) is 68.8 Å². The molecule has 0 unspecified atom stereocenters. The summed E-state index contributed by atoms with van der Waals surface area (Å²) in [5.74, 6) is 0.197. The number of rotatable bonds is 5. The summed E-state index contributed by atoms with van der Waals surface area (Å²) < 4.78 is 0. The van der Waals surface area contributed by atoms with Gasteiger partial charge in [-0.1, -0.05) is 12.1 Å². The number of hydrogen-bond acceptors (Lipinski definition) is 5. The van der Waals surface area contributed by atoms with E-state index in [0.717, 1.165) is 57.4 Å². The highest BCUT2D eigenvalue weighted by Gasteiger charge is 2.29. The maximum atomic E-state index is 12.2. The van der Waals surface area contributed by atoms with E-state index in [1.54, 1.807) is 23.7 Å². The number of carbonyl (C=O) groups excluding carboxylic acids is 1. The van der Waals surface area contributed by atoms with E-state index in [-0.39, 0.29) is 11.8 Å². The van der Waals surface area contributed by atoms with Crippen LogP contribution in [0.5, 0.6) is 0 Å². The lowest BCUT2D eigenvalue weighted by molar-refractivity contribution is -0.117. The minimum atomic E-state index is 0.0605. The van der Waals surface area contributed by atoms with Gasteiger partial charge in [0.1, 0.15) is 11.2 Å². The molecule has 36 heavy (non-hydrogen) atoms. The van der Waals surface area contributed by atoms with Crippen molar-refractivity contribution in [2.45, 2.75) is 19.8 Å². The van der Waals surface area contributed by atoms with E-state index in [4.69, 9.17) is 4.98 Å². The van der Waals surface area contributed by atoms with Crippen molar-refractivity contribution in [1.82, 2.24) is 25.1 Å². The van der Waals surface area contributed by atoms with E-state index < -0.39 is 0 Å². The predicted molar refractivity (Wildman–Crippen MR) is 144 cm³/mol. The lowest BCUT2D eigenvalue weighted by Gasteiger charge is -2.06. The molecule has 0 bridgehead atoms. The lowest BCUT2D eigenvalue weighted by Crippen LogP contribution is -2.13. The smallest absolute Gasteiger partial charge is 0.227 e. The summed E-state index contributed by atoms with van der Waals surface area (Å²) >= 11 is 1.79. The Hall–Kier alpha value is -4.30. The number of pyridine rings is 2. The van der Waals surface area contributed by atoms with Crippen molar-refractivity contribution in [2.24, 2.45) is 5.92 Å². The minimum absolute atomic E-state index is 0.0605. The molecule has 5 aromatic heterocycles. The van der Waals surface area contributed by atoms with Gasteiger partial charge in [0.15, 0.2) is 0 Å². The number of anilines is 1. The topological polar surface area (TPSA) is 99.4 Å². The van der Waals surface area contributed by atoms with Gasteiger partial charge in [-0.05, 0) is 62.2 Å². The number of fused-ring (bicyclic) bond motifs is 2. The largest absolute Gasteiger partial charge is 0.353 e. The molecule has 7 nitrogen and oxygen atoms in total. The molecule has 0 atom stereocenters. The average Bonchev–Trinajstić information content (AvgIpc) is 3.30. The van der Waals surface area contributed by atoms with E-state index in [0.29, 0.717) is 5.69 Å². The van der Waals surface area contributed by atoms with Gasteiger partial charge in [0.2, 0.25) is 5.91 Å². The molecule has 1 saturated carbocycles. The van der Waals surface area contributed by atoms with Crippen molar-refractivity contribution in [3.05, 3.63) is 71.9 Å². The molecule has 0 radical (unpaired) electrons. The fourth-order valence-corrected chi connectivity index (χ4v) is 5.47. The number of carbonyl (C=O) groups is 1. The first-order chi connectivity index (χ1) is 17.6. The number of thiophene rings is 1. The van der Waals surface area contributed by atoms with Crippen LogP contribution in [0, 0.1) is 12.8 Å². The van der Waals surface area contributed by atoms with Crippen molar-refractivity contribution < 1.29 is 4.79 Å². The van der Waals surface area contributed by atoms with Crippen LogP contribution in [-0.2, 0) is 4.79 Å². The standard InChI is InChI=1S/C28H22N6OS/c1-15-5-10-25(36-15)19-3-2-4-22-20(19)12-24(31-22)27-26-23(33-34-27)9-8-21(32-26)17-11-18(14-29-13-17)30-28(35)16-6-7-16/h2-5,8-14,16,31H,6-7H2,1H3,(H,30,35)(H,33,34). The summed E-state index contributed by atoms with van der Waals surface area (Å²) in [5.41, 5.74) is 7.86. The molecule has 0 aliphatic heterocycles. The first kappa shape index (κ1) is 21.0. The van der Waals surface area contributed by atoms with Gasteiger partial charge in [-0.15, -0.1) is 11.3 Å². The SMILES string of the molecule is Cc1ccc(-c2cccc3[nH]c(-c4n[nH]c5ccc(-c6cncc(NC(=O)C7CC7)c6)nc45)cc23)s1. The maximum Gasteiger partial charge on any atom is 0.227 e. The molecular formula is C28H22N6OS. The Morgan fingerprint density at radius 3 is 2.81 bits per heavy atom. The third-order valence-corrected chi connectivity index (χ3v) is 7.62. The summed E-state index contributed by atoms with van der Waals surface area (Å²) in [4.78, 5) is 27.5. The van der Waals surface area contributed by atoms with Crippen LogP contribution >= 0.6 is 11.3 Å². The van der Waals surface area contributed by atoms with Gasteiger partial charge in [-0.3, -0.25) is 14.9 Å². The van der Waals surface area contributed by atoms with Crippen LogP contribution < -0.4 is 5.32 Å². The van der Waals surface area contributed by atoms with E-state index in [1.807, 2.05) is 18.2 Å². The minimum Gasteiger partial charge on any atom is -0.353 e. The Labute approximate surface area is 210 Å². The number of aromatic amines is 2. The van der Waals surface area contributed by atoms with Gasteiger partial charge in [-0.2, -0.15) is 5.10 Å².